The Morgan fingerprint density at radius 1 is 1.07 bits per heavy atom. The fourth-order valence-corrected chi connectivity index (χ4v) is 4.87. The van der Waals surface area contributed by atoms with Crippen molar-refractivity contribution in [2.24, 2.45) is 5.92 Å². The molecular weight excluding hydrogens is 527 g/mol. The highest BCUT2D eigenvalue weighted by atomic mass is 19.4. The van der Waals surface area contributed by atoms with Gasteiger partial charge in [-0.25, -0.2) is 0 Å². The smallest absolute Gasteiger partial charge is 0.422 e. The molecule has 0 N–H and O–H groups in total. The number of fused-ring (bicyclic) bond motifs is 3. The molecule has 2 aromatic heterocycles. The average molecular weight is 552 g/mol. The van der Waals surface area contributed by atoms with Crippen LogP contribution in [0.1, 0.15) is 30.5 Å². The van der Waals surface area contributed by atoms with Crippen LogP contribution in [0.3, 0.4) is 0 Å². The van der Waals surface area contributed by atoms with Crippen LogP contribution >= 0.6 is 0 Å². The number of carbonyl (C=O) groups is 1. The van der Waals surface area contributed by atoms with Gasteiger partial charge in [0.05, 0.1) is 17.0 Å². The van der Waals surface area contributed by atoms with Crippen molar-refractivity contribution in [2.45, 2.75) is 33.2 Å². The van der Waals surface area contributed by atoms with Crippen molar-refractivity contribution in [3.8, 4) is 39.8 Å². The maximum atomic E-state index is 14.2. The first-order valence-corrected chi connectivity index (χ1v) is 12.7. The SMILES string of the molecule is C/C=C(\C)OC(=O)C1CN(Cc2ccc3c(c2)OCc2c(-c4onc(-c5ccccc5)c4C(F)(F)F)noc2-3)C1. The zero-order valence-corrected chi connectivity index (χ0v) is 21.6. The third-order valence-corrected chi connectivity index (χ3v) is 7.05. The number of benzene rings is 2. The molecule has 4 aromatic rings. The van der Waals surface area contributed by atoms with Gasteiger partial charge in [-0.05, 0) is 37.6 Å². The molecule has 0 unspecified atom stereocenters. The van der Waals surface area contributed by atoms with Gasteiger partial charge < -0.3 is 18.5 Å². The van der Waals surface area contributed by atoms with Crippen LogP contribution in [-0.4, -0.2) is 34.3 Å². The topological polar surface area (TPSA) is 90.8 Å². The summed E-state index contributed by atoms with van der Waals surface area (Å²) in [7, 11) is 0. The molecule has 11 heteroatoms. The number of carbonyl (C=O) groups excluding carboxylic acids is 1. The Morgan fingerprint density at radius 3 is 2.52 bits per heavy atom. The minimum Gasteiger partial charge on any atom is -0.488 e. The summed E-state index contributed by atoms with van der Waals surface area (Å²) in [6.07, 6.45) is -3.00. The van der Waals surface area contributed by atoms with E-state index in [-0.39, 0.29) is 35.4 Å². The van der Waals surface area contributed by atoms with Gasteiger partial charge in [0.1, 0.15) is 29.4 Å². The molecule has 0 spiro atoms. The molecule has 6 rings (SSSR count). The fraction of sp³-hybridized carbons (Fsp3) is 0.276. The summed E-state index contributed by atoms with van der Waals surface area (Å²) in [5.41, 5.74) is 0.719. The second-order valence-electron chi connectivity index (χ2n) is 9.77. The van der Waals surface area contributed by atoms with E-state index in [4.69, 9.17) is 18.5 Å². The zero-order chi connectivity index (χ0) is 28.0. The maximum Gasteiger partial charge on any atom is 0.422 e. The third-order valence-electron chi connectivity index (χ3n) is 7.05. The average Bonchev–Trinajstić information content (AvgIpc) is 3.55. The summed E-state index contributed by atoms with van der Waals surface area (Å²) in [5.74, 6) is 0.520. The normalized spacial score (nSPS) is 15.7. The quantitative estimate of drug-likeness (QED) is 0.199. The van der Waals surface area contributed by atoms with E-state index in [0.717, 1.165) is 5.56 Å². The monoisotopic (exact) mass is 551 g/mol. The van der Waals surface area contributed by atoms with E-state index in [0.29, 0.717) is 48.0 Å². The van der Waals surface area contributed by atoms with E-state index >= 15 is 0 Å². The van der Waals surface area contributed by atoms with E-state index in [1.165, 1.54) is 12.1 Å². The van der Waals surface area contributed by atoms with Crippen LogP contribution < -0.4 is 4.74 Å². The van der Waals surface area contributed by atoms with Gasteiger partial charge in [-0.1, -0.05) is 46.7 Å². The van der Waals surface area contributed by atoms with E-state index in [1.807, 2.05) is 19.1 Å². The molecule has 0 aliphatic carbocycles. The Kier molecular flexibility index (Phi) is 6.46. The first-order valence-electron chi connectivity index (χ1n) is 12.7. The molecule has 8 nitrogen and oxygen atoms in total. The number of rotatable bonds is 6. The second-order valence-corrected chi connectivity index (χ2v) is 9.77. The molecule has 1 saturated heterocycles. The van der Waals surface area contributed by atoms with Crippen LogP contribution in [0.5, 0.6) is 5.75 Å². The van der Waals surface area contributed by atoms with Gasteiger partial charge >= 0.3 is 12.1 Å². The van der Waals surface area contributed by atoms with Crippen LogP contribution in [0.2, 0.25) is 0 Å². The number of hydrogen-bond donors (Lipinski definition) is 0. The van der Waals surface area contributed by atoms with Crippen molar-refractivity contribution in [3.63, 3.8) is 0 Å². The number of esters is 1. The summed E-state index contributed by atoms with van der Waals surface area (Å²) < 4.78 is 64.5. The summed E-state index contributed by atoms with van der Waals surface area (Å²) in [6, 6.07) is 13.6. The van der Waals surface area contributed by atoms with Crippen LogP contribution in [0.25, 0.3) is 34.0 Å². The van der Waals surface area contributed by atoms with Crippen molar-refractivity contribution >= 4 is 5.97 Å². The lowest BCUT2D eigenvalue weighted by Gasteiger charge is -2.37. The van der Waals surface area contributed by atoms with Crippen LogP contribution in [-0.2, 0) is 28.9 Å². The molecule has 40 heavy (non-hydrogen) atoms. The van der Waals surface area contributed by atoms with Gasteiger partial charge in [-0.15, -0.1) is 0 Å². The highest BCUT2D eigenvalue weighted by Gasteiger charge is 2.43. The number of allylic oxidation sites excluding steroid dienone is 2. The number of ether oxygens (including phenoxy) is 2. The zero-order valence-electron chi connectivity index (χ0n) is 21.6. The predicted molar refractivity (Wildman–Crippen MR) is 136 cm³/mol. The van der Waals surface area contributed by atoms with E-state index < -0.39 is 17.5 Å². The van der Waals surface area contributed by atoms with Crippen molar-refractivity contribution in [3.05, 3.63) is 77.1 Å². The first-order chi connectivity index (χ1) is 19.2. The summed E-state index contributed by atoms with van der Waals surface area (Å²) >= 11 is 0. The van der Waals surface area contributed by atoms with Gasteiger partial charge in [0.25, 0.3) is 0 Å². The second kappa shape index (κ2) is 9.98. The Morgan fingerprint density at radius 2 is 1.80 bits per heavy atom. The van der Waals surface area contributed by atoms with Gasteiger partial charge in [0.15, 0.2) is 11.5 Å². The first kappa shape index (κ1) is 25.9. The molecule has 206 valence electrons. The summed E-state index contributed by atoms with van der Waals surface area (Å²) in [6.45, 7) is 5.29. The Hall–Kier alpha value is -4.38. The van der Waals surface area contributed by atoms with Crippen molar-refractivity contribution < 1.29 is 36.5 Å². The summed E-state index contributed by atoms with van der Waals surface area (Å²) in [5, 5.41) is 7.68. The maximum absolute atomic E-state index is 14.2. The highest BCUT2D eigenvalue weighted by molar-refractivity contribution is 5.79. The highest BCUT2D eigenvalue weighted by Crippen LogP contribution is 2.47. The van der Waals surface area contributed by atoms with Crippen LogP contribution in [0, 0.1) is 5.92 Å². The number of alkyl halides is 3. The standard InChI is InChI=1S/C29H24F3N3O5/c1-3-16(2)38-28(36)19-13-35(14-19)12-17-9-10-20-22(11-17)37-15-21-25(34-39-26(20)21)27-23(29(30,31)32)24(33-40-27)18-7-5-4-6-8-18/h3-11,19H,12-15H2,1-2H3/b16-3+. The third kappa shape index (κ3) is 4.66. The number of halogens is 3. The molecule has 2 aliphatic heterocycles. The molecule has 0 atom stereocenters. The van der Waals surface area contributed by atoms with E-state index in [9.17, 15) is 18.0 Å². The molecule has 0 saturated carbocycles. The lowest BCUT2D eigenvalue weighted by molar-refractivity contribution is -0.150. The molecule has 4 heterocycles. The van der Waals surface area contributed by atoms with Crippen LogP contribution in [0.4, 0.5) is 13.2 Å². The molecule has 0 radical (unpaired) electrons. The van der Waals surface area contributed by atoms with Gasteiger partial charge in [-0.2, -0.15) is 13.2 Å². The van der Waals surface area contributed by atoms with E-state index in [1.54, 1.807) is 37.3 Å². The predicted octanol–water partition coefficient (Wildman–Crippen LogP) is 6.47. The molecule has 0 bridgehead atoms. The number of likely N-dealkylation sites (tertiary alicyclic amines) is 1. The molecule has 2 aliphatic rings. The number of aromatic nitrogens is 2. The minimum atomic E-state index is -4.74. The van der Waals surface area contributed by atoms with E-state index in [2.05, 4.69) is 15.2 Å². The number of nitrogens with zero attached hydrogens (tertiary/aromatic N) is 3. The molecule has 0 amide bonds. The fourth-order valence-electron chi connectivity index (χ4n) is 4.87. The van der Waals surface area contributed by atoms with Crippen molar-refractivity contribution in [1.82, 2.24) is 15.2 Å². The molecular formula is C29H24F3N3O5. The van der Waals surface area contributed by atoms with Gasteiger partial charge in [0.2, 0.25) is 5.76 Å². The molecule has 1 fully saturated rings. The minimum absolute atomic E-state index is 0.0504. The Balaban J connectivity index is 1.23. The Bertz CT molecular complexity index is 1600. The number of hydrogen-bond acceptors (Lipinski definition) is 8. The molecule has 2 aromatic carbocycles. The van der Waals surface area contributed by atoms with Crippen LogP contribution in [0.15, 0.2) is 69.4 Å². The largest absolute Gasteiger partial charge is 0.488 e. The van der Waals surface area contributed by atoms with Crippen molar-refractivity contribution in [2.75, 3.05) is 13.1 Å². The summed E-state index contributed by atoms with van der Waals surface area (Å²) in [4.78, 5) is 14.3. The van der Waals surface area contributed by atoms with Gasteiger partial charge in [-0.3, -0.25) is 9.69 Å². The lowest BCUT2D eigenvalue weighted by atomic mass is 9.97. The van der Waals surface area contributed by atoms with Crippen molar-refractivity contribution in [1.29, 1.82) is 0 Å². The Labute approximate surface area is 226 Å². The lowest BCUT2D eigenvalue weighted by Crippen LogP contribution is -2.50. The van der Waals surface area contributed by atoms with Gasteiger partial charge in [0, 0.05) is 25.2 Å².